The molecule has 0 saturated heterocycles. The summed E-state index contributed by atoms with van der Waals surface area (Å²) in [4.78, 5) is 0. The summed E-state index contributed by atoms with van der Waals surface area (Å²) in [7, 11) is 0.992. The zero-order valence-electron chi connectivity index (χ0n) is 11.8. The topological polar surface area (TPSA) is 9.23 Å². The van der Waals surface area contributed by atoms with E-state index in [0.29, 0.717) is 10.8 Å². The van der Waals surface area contributed by atoms with Gasteiger partial charge in [0.05, 0.1) is 0 Å². The highest BCUT2D eigenvalue weighted by Crippen LogP contribution is 2.27. The Bertz CT molecular complexity index is 146. The van der Waals surface area contributed by atoms with Gasteiger partial charge in [0.1, 0.15) is 0 Å². The van der Waals surface area contributed by atoms with Crippen molar-refractivity contribution in [1.29, 1.82) is 0 Å². The molecule has 15 heavy (non-hydrogen) atoms. The average molecular weight is 230 g/mol. The van der Waals surface area contributed by atoms with Crippen molar-refractivity contribution in [3.63, 3.8) is 0 Å². The molecule has 0 rings (SSSR count). The van der Waals surface area contributed by atoms with Crippen molar-refractivity contribution in [1.82, 2.24) is 0 Å². The van der Waals surface area contributed by atoms with Crippen LogP contribution in [0.15, 0.2) is 0 Å². The largest absolute Gasteiger partial charge is 0.423 e. The van der Waals surface area contributed by atoms with Crippen molar-refractivity contribution in [3.05, 3.63) is 0 Å². The van der Waals surface area contributed by atoms with E-state index in [1.54, 1.807) is 0 Å². The normalized spacial score (nSPS) is 13.6. The van der Waals surface area contributed by atoms with Crippen LogP contribution in [-0.2, 0) is 4.43 Å². The lowest BCUT2D eigenvalue weighted by atomic mass is 9.93. The van der Waals surface area contributed by atoms with E-state index in [2.05, 4.69) is 41.5 Å². The third kappa shape index (κ3) is 10.5. The molecule has 92 valence electrons. The van der Waals surface area contributed by atoms with E-state index in [4.69, 9.17) is 4.43 Å². The van der Waals surface area contributed by atoms with Crippen LogP contribution >= 0.6 is 0 Å². The van der Waals surface area contributed by atoms with Gasteiger partial charge in [-0.1, -0.05) is 41.5 Å². The Labute approximate surface area is 98.3 Å². The van der Waals surface area contributed by atoms with E-state index in [9.17, 15) is 0 Å². The zero-order valence-corrected chi connectivity index (χ0v) is 13.0. The van der Waals surface area contributed by atoms with Gasteiger partial charge in [-0.3, -0.25) is 0 Å². The molecule has 0 saturated carbocycles. The summed E-state index contributed by atoms with van der Waals surface area (Å²) in [5.41, 5.74) is 0.928. The molecule has 2 heteroatoms. The predicted molar refractivity (Wildman–Crippen MR) is 71.9 cm³/mol. The first kappa shape index (κ1) is 15.2. The molecule has 0 aliphatic rings. The third-order valence-corrected chi connectivity index (χ3v) is 5.30. The molecule has 0 aliphatic carbocycles. The summed E-state index contributed by atoms with van der Waals surface area (Å²) in [5.74, 6) is 0. The number of rotatable bonds is 5. The van der Waals surface area contributed by atoms with Crippen LogP contribution < -0.4 is 0 Å². The molecule has 0 unspecified atom stereocenters. The van der Waals surface area contributed by atoms with Gasteiger partial charge in [0.25, 0.3) is 0 Å². The monoisotopic (exact) mass is 230 g/mol. The van der Waals surface area contributed by atoms with Gasteiger partial charge in [0, 0.05) is 7.11 Å². The van der Waals surface area contributed by atoms with Crippen molar-refractivity contribution in [3.8, 4) is 0 Å². The van der Waals surface area contributed by atoms with Crippen LogP contribution in [0, 0.1) is 10.8 Å². The Balaban J connectivity index is 3.84. The van der Waals surface area contributed by atoms with E-state index < -0.39 is 9.04 Å². The highest BCUT2D eigenvalue weighted by Gasteiger charge is 2.19. The van der Waals surface area contributed by atoms with Crippen LogP contribution in [0.5, 0.6) is 0 Å². The molecule has 0 aromatic heterocycles. The second-order valence-electron chi connectivity index (χ2n) is 7.06. The molecule has 0 aromatic carbocycles. The van der Waals surface area contributed by atoms with Gasteiger partial charge >= 0.3 is 0 Å². The summed E-state index contributed by atoms with van der Waals surface area (Å²) in [6, 6.07) is 2.66. The third-order valence-electron chi connectivity index (χ3n) is 2.77. The predicted octanol–water partition coefficient (Wildman–Crippen LogP) is 4.23. The summed E-state index contributed by atoms with van der Waals surface area (Å²) in [5, 5.41) is 0. The standard InChI is InChI=1S/C13H30OSi/c1-12(2,3)8-10-15(14-7)11-9-13(4,5)6/h15H,8-11H2,1-7H3. The quantitative estimate of drug-likeness (QED) is 0.642. The van der Waals surface area contributed by atoms with Crippen LogP contribution in [0.25, 0.3) is 0 Å². The maximum atomic E-state index is 5.68. The van der Waals surface area contributed by atoms with E-state index in [1.165, 1.54) is 24.9 Å². The molecule has 0 aromatic rings. The highest BCUT2D eigenvalue weighted by atomic mass is 28.3. The molecule has 0 fully saturated rings. The summed E-state index contributed by atoms with van der Waals surface area (Å²) >= 11 is 0. The van der Waals surface area contributed by atoms with E-state index in [0.717, 1.165) is 0 Å². The molecular formula is C13H30OSi. The molecule has 0 atom stereocenters. The Morgan fingerprint density at radius 3 is 1.33 bits per heavy atom. The van der Waals surface area contributed by atoms with Crippen LogP contribution in [0.1, 0.15) is 54.4 Å². The molecule has 0 bridgehead atoms. The van der Waals surface area contributed by atoms with E-state index in [-0.39, 0.29) is 0 Å². The molecule has 0 amide bonds. The minimum Gasteiger partial charge on any atom is -0.423 e. The van der Waals surface area contributed by atoms with Crippen molar-refractivity contribution < 1.29 is 4.43 Å². The van der Waals surface area contributed by atoms with Crippen LogP contribution in [0.4, 0.5) is 0 Å². The average Bonchev–Trinajstić information content (AvgIpc) is 2.00. The van der Waals surface area contributed by atoms with Gasteiger partial charge in [-0.25, -0.2) is 0 Å². The Hall–Kier alpha value is 0.177. The minimum absolute atomic E-state index is 0.464. The summed E-state index contributed by atoms with van der Waals surface area (Å²) < 4.78 is 5.68. The minimum atomic E-state index is -0.913. The summed E-state index contributed by atoms with van der Waals surface area (Å²) in [6.45, 7) is 13.9. The molecule has 0 spiro atoms. The van der Waals surface area contributed by atoms with E-state index in [1.807, 2.05) is 7.11 Å². The van der Waals surface area contributed by atoms with Gasteiger partial charge < -0.3 is 4.43 Å². The van der Waals surface area contributed by atoms with Gasteiger partial charge in [-0.05, 0) is 35.8 Å². The van der Waals surface area contributed by atoms with Gasteiger partial charge in [0.15, 0.2) is 9.04 Å². The Morgan fingerprint density at radius 2 is 1.13 bits per heavy atom. The molecule has 0 radical (unpaired) electrons. The maximum absolute atomic E-state index is 5.68. The molecule has 0 N–H and O–H groups in total. The highest BCUT2D eigenvalue weighted by molar-refractivity contribution is 6.51. The number of hydrogen-bond acceptors (Lipinski definition) is 1. The van der Waals surface area contributed by atoms with Gasteiger partial charge in [0.2, 0.25) is 0 Å². The molecule has 0 aliphatic heterocycles. The smallest absolute Gasteiger partial charge is 0.176 e. The zero-order chi connectivity index (χ0) is 12.1. The van der Waals surface area contributed by atoms with Crippen molar-refractivity contribution in [2.75, 3.05) is 7.11 Å². The van der Waals surface area contributed by atoms with Gasteiger partial charge in [-0.15, -0.1) is 0 Å². The summed E-state index contributed by atoms with van der Waals surface area (Å²) in [6.07, 6.45) is 2.61. The molecule has 1 nitrogen and oxygen atoms in total. The van der Waals surface area contributed by atoms with Crippen LogP contribution in [0.3, 0.4) is 0 Å². The van der Waals surface area contributed by atoms with Gasteiger partial charge in [-0.2, -0.15) is 0 Å². The second-order valence-corrected chi connectivity index (χ2v) is 9.93. The molecule has 0 heterocycles. The fourth-order valence-corrected chi connectivity index (χ4v) is 4.70. The second kappa shape index (κ2) is 6.05. The first-order chi connectivity index (χ1) is 6.64. The van der Waals surface area contributed by atoms with Crippen molar-refractivity contribution in [2.45, 2.75) is 66.5 Å². The first-order valence-electron chi connectivity index (χ1n) is 6.17. The Kier molecular flexibility index (Phi) is 6.12. The fourth-order valence-electron chi connectivity index (χ4n) is 1.57. The fraction of sp³-hybridized carbons (Fsp3) is 1.00. The van der Waals surface area contributed by atoms with E-state index >= 15 is 0 Å². The van der Waals surface area contributed by atoms with Crippen LogP contribution in [0.2, 0.25) is 12.1 Å². The molecular weight excluding hydrogens is 200 g/mol. The Morgan fingerprint density at radius 1 is 0.800 bits per heavy atom. The van der Waals surface area contributed by atoms with Crippen molar-refractivity contribution >= 4 is 9.04 Å². The number of hydrogen-bond donors (Lipinski definition) is 0. The van der Waals surface area contributed by atoms with Crippen LogP contribution in [-0.4, -0.2) is 16.2 Å². The lowest BCUT2D eigenvalue weighted by Gasteiger charge is -2.24. The lowest BCUT2D eigenvalue weighted by molar-refractivity contribution is 0.353. The maximum Gasteiger partial charge on any atom is 0.176 e. The first-order valence-corrected chi connectivity index (χ1v) is 8.27. The SMILES string of the molecule is CO[SiH](CCC(C)(C)C)CCC(C)(C)C. The van der Waals surface area contributed by atoms with Crippen molar-refractivity contribution in [2.24, 2.45) is 10.8 Å². The lowest BCUT2D eigenvalue weighted by Crippen LogP contribution is -2.21.